The van der Waals surface area contributed by atoms with Gasteiger partial charge >= 0.3 is 0 Å². The molecular formula is C60H53F2N4OPt-3. The quantitative estimate of drug-likeness (QED) is 0.121. The molecule has 5 nitrogen and oxygen atoms in total. The molecule has 346 valence electrons. The average Bonchev–Trinajstić information content (AvgIpc) is 3.86. The summed E-state index contributed by atoms with van der Waals surface area (Å²) in [6.07, 6.45) is 1.81. The molecule has 0 aliphatic carbocycles. The first-order chi connectivity index (χ1) is 32.3. The molecule has 9 aromatic rings. The van der Waals surface area contributed by atoms with E-state index >= 15 is 4.39 Å². The number of pyridine rings is 1. The Hall–Kier alpha value is -6.56. The monoisotopic (exact) mass is 1080 g/mol. The summed E-state index contributed by atoms with van der Waals surface area (Å²) in [5.41, 5.74) is 13.5. The van der Waals surface area contributed by atoms with Gasteiger partial charge in [0.2, 0.25) is 0 Å². The van der Waals surface area contributed by atoms with E-state index in [4.69, 9.17) is 9.72 Å². The third-order valence-corrected chi connectivity index (χ3v) is 13.0. The van der Waals surface area contributed by atoms with E-state index in [9.17, 15) is 4.39 Å². The molecule has 3 heterocycles. The summed E-state index contributed by atoms with van der Waals surface area (Å²) in [6.45, 7) is 19.7. The van der Waals surface area contributed by atoms with Crippen molar-refractivity contribution in [2.75, 3.05) is 9.80 Å². The normalized spacial score (nSPS) is 12.6. The van der Waals surface area contributed by atoms with Crippen LogP contribution in [0.5, 0.6) is 11.5 Å². The van der Waals surface area contributed by atoms with Gasteiger partial charge in [-0.05, 0) is 117 Å². The minimum absolute atomic E-state index is 0. The standard InChI is InChI=1S/C60H53F2N4O.Pt/c1-36(2)40-16-18-41(19-17-40)43-27-46(33-48(28-43)67-47-22-24-51-50-13-9-10-14-55(50)66(57(51)34-47)59-15-11-12-26-63-59)64-35-65(58-31-42(37(3)4)20-25-56(58)64)60-52(38(5)6)29-44(30-53(60)39(7)8)49-23-21-45(61)32-54(49)62;/h9-32,35-39H,1-8H3;/q-3;. The van der Waals surface area contributed by atoms with Crippen LogP contribution in [0, 0.1) is 30.4 Å². The molecule has 2 aromatic heterocycles. The molecule has 0 atom stereocenters. The van der Waals surface area contributed by atoms with Gasteiger partial charge in [-0.15, -0.1) is 53.6 Å². The van der Waals surface area contributed by atoms with Crippen molar-refractivity contribution in [3.8, 4) is 39.6 Å². The van der Waals surface area contributed by atoms with Crippen LogP contribution < -0.4 is 14.5 Å². The van der Waals surface area contributed by atoms with Gasteiger partial charge in [0, 0.05) is 73.0 Å². The number of rotatable bonds is 11. The zero-order valence-corrected chi connectivity index (χ0v) is 41.8. The van der Waals surface area contributed by atoms with Crippen molar-refractivity contribution in [1.29, 1.82) is 0 Å². The summed E-state index contributed by atoms with van der Waals surface area (Å²) in [5, 5.41) is 2.16. The Morgan fingerprint density at radius 1 is 0.559 bits per heavy atom. The molecule has 0 saturated heterocycles. The first-order valence-electron chi connectivity index (χ1n) is 23.3. The van der Waals surface area contributed by atoms with Gasteiger partial charge < -0.3 is 19.1 Å². The van der Waals surface area contributed by atoms with Crippen LogP contribution in [0.3, 0.4) is 0 Å². The Kier molecular flexibility index (Phi) is 12.9. The third-order valence-electron chi connectivity index (χ3n) is 13.0. The molecule has 1 aliphatic rings. The maximum Gasteiger partial charge on any atom is 0.135 e. The van der Waals surface area contributed by atoms with Crippen molar-refractivity contribution in [3.05, 3.63) is 198 Å². The summed E-state index contributed by atoms with van der Waals surface area (Å²) in [4.78, 5) is 9.22. The zero-order valence-electron chi connectivity index (χ0n) is 39.5. The van der Waals surface area contributed by atoms with Gasteiger partial charge in [0.05, 0.1) is 0 Å². The van der Waals surface area contributed by atoms with Gasteiger partial charge in [0.15, 0.2) is 0 Å². The van der Waals surface area contributed by atoms with Crippen molar-refractivity contribution in [1.82, 2.24) is 9.55 Å². The van der Waals surface area contributed by atoms with Crippen molar-refractivity contribution in [2.24, 2.45) is 0 Å². The van der Waals surface area contributed by atoms with E-state index in [1.54, 1.807) is 0 Å². The van der Waals surface area contributed by atoms with E-state index in [0.29, 0.717) is 23.0 Å². The Balaban J connectivity index is 0.00000578. The molecule has 1 aliphatic heterocycles. The van der Waals surface area contributed by atoms with Crippen LogP contribution >= 0.6 is 0 Å². The van der Waals surface area contributed by atoms with Gasteiger partial charge in [0.1, 0.15) is 17.5 Å². The molecule has 7 aromatic carbocycles. The SMILES string of the molecule is CC(C)c1ccc(-c2cc(Oc3[c-]c4c(cc3)c3ccccc3n4-c3ccccn3)[c-]c(N3[CH-]N(c4c(C(C)C)cc(-c5ccc(F)cc5F)cc4C(C)C)c4cc(C(C)C)ccc43)c2)cc1.[Pt]. The second-order valence-corrected chi connectivity index (χ2v) is 18.8. The minimum Gasteiger partial charge on any atom is -0.509 e. The van der Waals surface area contributed by atoms with Gasteiger partial charge in [-0.2, -0.15) is 6.07 Å². The van der Waals surface area contributed by atoms with Gasteiger partial charge in [-0.1, -0.05) is 116 Å². The van der Waals surface area contributed by atoms with Gasteiger partial charge in [-0.3, -0.25) is 0 Å². The molecule has 0 unspecified atom stereocenters. The third kappa shape index (κ3) is 8.62. The number of aromatic nitrogens is 2. The molecule has 0 radical (unpaired) electrons. The van der Waals surface area contributed by atoms with E-state index in [1.807, 2.05) is 36.5 Å². The number of anilines is 4. The fourth-order valence-corrected chi connectivity index (χ4v) is 9.34. The maximum absolute atomic E-state index is 15.5. The predicted octanol–water partition coefficient (Wildman–Crippen LogP) is 17.1. The fourth-order valence-electron chi connectivity index (χ4n) is 9.34. The molecule has 0 N–H and O–H groups in total. The number of hydrogen-bond donors (Lipinski definition) is 0. The first kappa shape index (κ1) is 46.5. The van der Waals surface area contributed by atoms with E-state index in [0.717, 1.165) is 84.3 Å². The van der Waals surface area contributed by atoms with Crippen LogP contribution in [0.2, 0.25) is 0 Å². The van der Waals surface area contributed by atoms with E-state index in [2.05, 4.69) is 180 Å². The summed E-state index contributed by atoms with van der Waals surface area (Å²) < 4.78 is 38.6. The van der Waals surface area contributed by atoms with Crippen LogP contribution in [0.1, 0.15) is 101 Å². The van der Waals surface area contributed by atoms with Crippen molar-refractivity contribution in [2.45, 2.75) is 79.1 Å². The Labute approximate surface area is 413 Å². The Morgan fingerprint density at radius 3 is 1.94 bits per heavy atom. The molecular weight excluding hydrogens is 1030 g/mol. The van der Waals surface area contributed by atoms with Crippen molar-refractivity contribution < 1.29 is 34.6 Å². The summed E-state index contributed by atoms with van der Waals surface area (Å²) in [6, 6.07) is 53.3. The van der Waals surface area contributed by atoms with E-state index in [-0.39, 0.29) is 38.8 Å². The van der Waals surface area contributed by atoms with Gasteiger partial charge in [0.25, 0.3) is 0 Å². The summed E-state index contributed by atoms with van der Waals surface area (Å²) in [7, 11) is 0. The summed E-state index contributed by atoms with van der Waals surface area (Å²) in [5.74, 6) is 1.55. The second kappa shape index (κ2) is 18.8. The molecule has 68 heavy (non-hydrogen) atoms. The van der Waals surface area contributed by atoms with Crippen LogP contribution in [-0.2, 0) is 21.1 Å². The molecule has 10 rings (SSSR count). The molecule has 0 fully saturated rings. The largest absolute Gasteiger partial charge is 0.509 e. The van der Waals surface area contributed by atoms with Crippen LogP contribution in [0.25, 0.3) is 49.9 Å². The summed E-state index contributed by atoms with van der Waals surface area (Å²) >= 11 is 0. The smallest absolute Gasteiger partial charge is 0.135 e. The second-order valence-electron chi connectivity index (χ2n) is 18.8. The number of para-hydroxylation sites is 1. The van der Waals surface area contributed by atoms with E-state index < -0.39 is 11.6 Å². The number of hydrogen-bond acceptors (Lipinski definition) is 4. The van der Waals surface area contributed by atoms with E-state index in [1.165, 1.54) is 23.3 Å². The number of benzene rings is 7. The maximum atomic E-state index is 15.5. The van der Waals surface area contributed by atoms with Crippen molar-refractivity contribution >= 4 is 44.6 Å². The molecule has 0 amide bonds. The minimum atomic E-state index is -0.596. The number of fused-ring (bicyclic) bond motifs is 4. The topological polar surface area (TPSA) is 33.5 Å². The molecule has 8 heteroatoms. The Bertz CT molecular complexity index is 3280. The number of ether oxygens (including phenoxy) is 1. The number of halogens is 2. The van der Waals surface area contributed by atoms with Crippen molar-refractivity contribution in [3.63, 3.8) is 0 Å². The molecule has 0 saturated carbocycles. The molecule has 0 spiro atoms. The first-order valence-corrected chi connectivity index (χ1v) is 23.3. The van der Waals surface area contributed by atoms with Crippen LogP contribution in [0.15, 0.2) is 146 Å². The Morgan fingerprint density at radius 2 is 1.26 bits per heavy atom. The average molecular weight is 1080 g/mol. The number of nitrogens with zero attached hydrogens (tertiary/aromatic N) is 4. The molecule has 0 bridgehead atoms. The van der Waals surface area contributed by atoms with Crippen LogP contribution in [0.4, 0.5) is 31.5 Å². The zero-order chi connectivity index (χ0) is 46.7. The fraction of sp³-hybridized carbons (Fsp3) is 0.200. The van der Waals surface area contributed by atoms with Crippen LogP contribution in [-0.4, -0.2) is 9.55 Å². The van der Waals surface area contributed by atoms with Gasteiger partial charge in [-0.25, -0.2) is 13.8 Å². The predicted molar refractivity (Wildman–Crippen MR) is 271 cm³/mol.